The molecule has 2 aliphatic carbocycles. The lowest BCUT2D eigenvalue weighted by molar-refractivity contribution is -0.00157. The minimum atomic E-state index is -0.469. The molecule has 0 amide bonds. The van der Waals surface area contributed by atoms with Crippen molar-refractivity contribution < 1.29 is 56.8 Å². The molecule has 0 fully saturated rings. The van der Waals surface area contributed by atoms with Crippen LogP contribution in [0.1, 0.15) is 106 Å². The van der Waals surface area contributed by atoms with E-state index >= 15 is 0 Å². The summed E-state index contributed by atoms with van der Waals surface area (Å²) < 4.78 is 73.6. The molecule has 61 heavy (non-hydrogen) atoms. The molecule has 0 saturated carbocycles. The molecular weight excluding hydrogens is 787 g/mol. The van der Waals surface area contributed by atoms with Crippen molar-refractivity contribution in [3.8, 4) is 57.5 Å². The summed E-state index contributed by atoms with van der Waals surface area (Å²) in [6, 6.07) is 11.9. The highest BCUT2D eigenvalue weighted by Gasteiger charge is 2.54. The van der Waals surface area contributed by atoms with Gasteiger partial charge in [0.15, 0.2) is 46.0 Å². The number of benzene rings is 4. The first kappa shape index (κ1) is 39.8. The van der Waals surface area contributed by atoms with E-state index in [1.807, 2.05) is 12.1 Å². The quantitative estimate of drug-likeness (QED) is 0.173. The van der Waals surface area contributed by atoms with Crippen LogP contribution < -0.4 is 52.7 Å². The third kappa shape index (κ3) is 5.73. The zero-order valence-corrected chi connectivity index (χ0v) is 36.2. The maximum absolute atomic E-state index is 6.41. The average Bonchev–Trinajstić information content (AvgIpc) is 3.98. The third-order valence-corrected chi connectivity index (χ3v) is 13.9. The van der Waals surface area contributed by atoms with Crippen molar-refractivity contribution in [2.24, 2.45) is 0 Å². The highest BCUT2D eigenvalue weighted by molar-refractivity contribution is 5.66. The second-order valence-electron chi connectivity index (χ2n) is 16.3. The van der Waals surface area contributed by atoms with Gasteiger partial charge in [0.25, 0.3) is 0 Å². The van der Waals surface area contributed by atoms with Gasteiger partial charge in [-0.05, 0) is 73.5 Å². The summed E-state index contributed by atoms with van der Waals surface area (Å²) in [6.45, 7) is 0.184. The molecule has 4 heterocycles. The van der Waals surface area contributed by atoms with Crippen molar-refractivity contribution in [1.29, 1.82) is 0 Å². The summed E-state index contributed by atoms with van der Waals surface area (Å²) in [4.78, 5) is 4.79. The van der Waals surface area contributed by atoms with Gasteiger partial charge >= 0.3 is 0 Å². The molecule has 15 heteroatoms. The maximum atomic E-state index is 6.41. The van der Waals surface area contributed by atoms with Crippen LogP contribution in [0.4, 0.5) is 0 Å². The molecule has 1 N–H and O–H groups in total. The summed E-state index contributed by atoms with van der Waals surface area (Å²) in [5.74, 6) is 6.50. The Morgan fingerprint density at radius 2 is 0.820 bits per heavy atom. The molecule has 0 bridgehead atoms. The molecule has 8 atom stereocenters. The van der Waals surface area contributed by atoms with E-state index in [1.165, 1.54) is 0 Å². The lowest BCUT2D eigenvalue weighted by Gasteiger charge is -2.54. The summed E-state index contributed by atoms with van der Waals surface area (Å²) in [6.07, 6.45) is -0.0342. The van der Waals surface area contributed by atoms with E-state index in [0.717, 1.165) is 56.0 Å². The molecule has 324 valence electrons. The van der Waals surface area contributed by atoms with E-state index < -0.39 is 12.3 Å². The second kappa shape index (κ2) is 15.2. The highest BCUT2D eigenvalue weighted by Crippen LogP contribution is 2.65. The second-order valence-corrected chi connectivity index (χ2v) is 16.3. The van der Waals surface area contributed by atoms with Crippen LogP contribution in [0.2, 0.25) is 0 Å². The molecule has 4 aromatic rings. The minimum absolute atomic E-state index is 0.0708. The molecule has 0 aromatic heterocycles. The molecule has 4 aliphatic heterocycles. The van der Waals surface area contributed by atoms with E-state index in [2.05, 4.69) is 53.5 Å². The van der Waals surface area contributed by atoms with Crippen molar-refractivity contribution in [3.63, 3.8) is 0 Å². The zero-order valence-electron chi connectivity index (χ0n) is 36.2. The highest BCUT2D eigenvalue weighted by atomic mass is 16.7. The number of nitrogens with zero attached hydrogens (tertiary/aromatic N) is 2. The van der Waals surface area contributed by atoms with Crippen LogP contribution in [0, 0.1) is 0 Å². The standard InChI is InChI=1S/C46H53N3O12/c1-48-41-23-13-31(54-7)29(52-5)11-21(23)27(50-3)15-25(41)37-33(56-9)17-35-43(60-19-58-35)39(37)45(48)47-46-40-38(34(57-10)18-36-44(40)61-20-59-36)26-16-28(51-4)22-12-30(53-6)32(55-8)14-24(22)42(26)49(46)2/h11-14,17-18,25-28,41-42,45-47H,15-16,19-20H2,1-10H3/t25?,26?,27?,28?,41?,42?,45-,46-/m0/s1. The normalized spacial score (nSPS) is 26.5. The van der Waals surface area contributed by atoms with Gasteiger partial charge in [0, 0.05) is 72.5 Å². The monoisotopic (exact) mass is 839 g/mol. The SMILES string of the molecule is COc1cc2c(cc1OC)C1C(CC2OC)c2c(OC)cc3c(c2[C@@H](N[C@@H]2c4c5c(cc(OC)c4C4CC(OC)c6cc(OC)c(OC)cc6C4N2C)OCO5)N1C)OCO3. The average molecular weight is 840 g/mol. The van der Waals surface area contributed by atoms with Gasteiger partial charge in [-0.1, -0.05) is 0 Å². The number of likely N-dealkylation sites (N-methyl/N-ethyl adjacent to an activating group) is 2. The molecule has 6 aliphatic rings. The predicted molar refractivity (Wildman–Crippen MR) is 221 cm³/mol. The molecule has 0 saturated heterocycles. The largest absolute Gasteiger partial charge is 0.496 e. The minimum Gasteiger partial charge on any atom is -0.496 e. The van der Waals surface area contributed by atoms with Crippen LogP contribution in [0.3, 0.4) is 0 Å². The Morgan fingerprint density at radius 1 is 0.459 bits per heavy atom. The lowest BCUT2D eigenvalue weighted by Crippen LogP contribution is -2.52. The van der Waals surface area contributed by atoms with Crippen molar-refractivity contribution in [3.05, 3.63) is 80.9 Å². The van der Waals surface area contributed by atoms with E-state index in [0.29, 0.717) is 58.8 Å². The van der Waals surface area contributed by atoms with Gasteiger partial charge in [0.05, 0.1) is 67.2 Å². The summed E-state index contributed by atoms with van der Waals surface area (Å²) in [5, 5.41) is 4.21. The van der Waals surface area contributed by atoms with Gasteiger partial charge in [-0.3, -0.25) is 15.1 Å². The zero-order chi connectivity index (χ0) is 42.4. The Kier molecular flexibility index (Phi) is 9.94. The van der Waals surface area contributed by atoms with E-state index in [-0.39, 0.29) is 49.7 Å². The number of ether oxygens (including phenoxy) is 12. The molecular formula is C46H53N3O12. The van der Waals surface area contributed by atoms with Gasteiger partial charge in [-0.15, -0.1) is 0 Å². The number of rotatable bonds is 10. The molecule has 0 spiro atoms. The van der Waals surface area contributed by atoms with Gasteiger partial charge in [-0.2, -0.15) is 0 Å². The fourth-order valence-corrected chi connectivity index (χ4v) is 11.3. The van der Waals surface area contributed by atoms with Crippen molar-refractivity contribution in [1.82, 2.24) is 15.1 Å². The first-order valence-corrected chi connectivity index (χ1v) is 20.5. The Hall–Kier alpha value is -5.32. The van der Waals surface area contributed by atoms with Gasteiger partial charge in [-0.25, -0.2) is 0 Å². The predicted octanol–water partition coefficient (Wildman–Crippen LogP) is 7.21. The van der Waals surface area contributed by atoms with Crippen LogP contribution in [0.5, 0.6) is 57.5 Å². The number of hydrogen-bond acceptors (Lipinski definition) is 15. The Labute approximate surface area is 355 Å². The topological polar surface area (TPSA) is 129 Å². The third-order valence-electron chi connectivity index (χ3n) is 13.9. The van der Waals surface area contributed by atoms with Gasteiger partial charge in [0.1, 0.15) is 11.5 Å². The van der Waals surface area contributed by atoms with Crippen LogP contribution in [-0.4, -0.2) is 94.4 Å². The molecule has 0 radical (unpaired) electrons. The number of methoxy groups -OCH3 is 8. The van der Waals surface area contributed by atoms with E-state index in [1.54, 1.807) is 56.9 Å². The first-order chi connectivity index (χ1) is 29.7. The fourth-order valence-electron chi connectivity index (χ4n) is 11.3. The van der Waals surface area contributed by atoms with Gasteiger partial charge < -0.3 is 56.8 Å². The number of nitrogens with one attached hydrogen (secondary N) is 1. The summed E-state index contributed by atoms with van der Waals surface area (Å²) in [5.41, 5.74) is 8.18. The van der Waals surface area contributed by atoms with Crippen LogP contribution in [0.15, 0.2) is 36.4 Å². The van der Waals surface area contributed by atoms with Crippen molar-refractivity contribution in [2.45, 2.75) is 61.3 Å². The van der Waals surface area contributed by atoms with Crippen LogP contribution in [-0.2, 0) is 9.47 Å². The molecule has 6 unspecified atom stereocenters. The fraction of sp³-hybridized carbons (Fsp3) is 0.478. The van der Waals surface area contributed by atoms with Crippen molar-refractivity contribution >= 4 is 0 Å². The Balaban J connectivity index is 1.20. The summed E-state index contributed by atoms with van der Waals surface area (Å²) in [7, 11) is 17.9. The Morgan fingerprint density at radius 3 is 1.16 bits per heavy atom. The first-order valence-electron chi connectivity index (χ1n) is 20.5. The molecule has 10 rings (SSSR count). The van der Waals surface area contributed by atoms with E-state index in [9.17, 15) is 0 Å². The molecule has 4 aromatic carbocycles. The summed E-state index contributed by atoms with van der Waals surface area (Å²) >= 11 is 0. The van der Waals surface area contributed by atoms with Crippen molar-refractivity contribution in [2.75, 3.05) is 84.6 Å². The number of hydrogen-bond donors (Lipinski definition) is 1. The van der Waals surface area contributed by atoms with Crippen LogP contribution >= 0.6 is 0 Å². The maximum Gasteiger partial charge on any atom is 0.231 e. The van der Waals surface area contributed by atoms with Gasteiger partial charge in [0.2, 0.25) is 13.6 Å². The number of fused-ring (bicyclic) bond motifs is 14. The molecule has 15 nitrogen and oxygen atoms in total. The Bertz CT molecular complexity index is 2230. The lowest BCUT2D eigenvalue weighted by atomic mass is 9.69. The van der Waals surface area contributed by atoms with E-state index in [4.69, 9.17) is 56.8 Å². The van der Waals surface area contributed by atoms with Crippen LogP contribution in [0.25, 0.3) is 0 Å². The smallest absolute Gasteiger partial charge is 0.231 e.